The molecule has 0 aliphatic rings. The smallest absolute Gasteiger partial charge is 0.331 e. The minimum atomic E-state index is -0.639. The van der Waals surface area contributed by atoms with Crippen molar-refractivity contribution in [2.45, 2.75) is 0 Å². The van der Waals surface area contributed by atoms with Gasteiger partial charge in [0.1, 0.15) is 11.5 Å². The van der Waals surface area contributed by atoms with Crippen molar-refractivity contribution in [2.24, 2.45) is 0 Å². The van der Waals surface area contributed by atoms with Crippen LogP contribution in [0.25, 0.3) is 17.3 Å². The zero-order valence-electron chi connectivity index (χ0n) is 14.4. The molecule has 0 aliphatic heterocycles. The summed E-state index contributed by atoms with van der Waals surface area (Å²) in [6.07, 6.45) is 4.14. The molecule has 8 heteroatoms. The molecular formula is C19H16N2O5S. The third-order valence-electron chi connectivity index (χ3n) is 3.41. The van der Waals surface area contributed by atoms with Gasteiger partial charge in [0.2, 0.25) is 0 Å². The number of methoxy groups -OCH3 is 1. The minimum Gasteiger partial charge on any atom is -0.497 e. The topological polar surface area (TPSA) is 90.7 Å². The SMILES string of the molecule is COc1ccc(-c2csc(NC(=O)COC(=O)C=Cc3ccco3)n2)cc1. The van der Waals surface area contributed by atoms with Gasteiger partial charge in [-0.15, -0.1) is 11.3 Å². The fraction of sp³-hybridized carbons (Fsp3) is 0.105. The summed E-state index contributed by atoms with van der Waals surface area (Å²) in [5.41, 5.74) is 1.64. The lowest BCUT2D eigenvalue weighted by Crippen LogP contribution is -2.20. The molecule has 0 radical (unpaired) electrons. The first kappa shape index (κ1) is 18.4. The minimum absolute atomic E-state index is 0.404. The van der Waals surface area contributed by atoms with Gasteiger partial charge in [0.05, 0.1) is 19.1 Å². The molecule has 0 spiro atoms. The predicted molar refractivity (Wildman–Crippen MR) is 101 cm³/mol. The molecule has 2 heterocycles. The largest absolute Gasteiger partial charge is 0.497 e. The number of nitrogens with zero attached hydrogens (tertiary/aromatic N) is 1. The summed E-state index contributed by atoms with van der Waals surface area (Å²) >= 11 is 1.28. The Hall–Kier alpha value is -3.39. The van der Waals surface area contributed by atoms with Gasteiger partial charge < -0.3 is 13.9 Å². The molecule has 1 amide bonds. The fourth-order valence-electron chi connectivity index (χ4n) is 2.10. The van der Waals surface area contributed by atoms with Crippen LogP contribution in [0.4, 0.5) is 5.13 Å². The second kappa shape index (κ2) is 8.81. The highest BCUT2D eigenvalue weighted by Gasteiger charge is 2.10. The molecule has 0 aliphatic carbocycles. The Labute approximate surface area is 159 Å². The average Bonchev–Trinajstić information content (AvgIpc) is 3.37. The predicted octanol–water partition coefficient (Wildman–Crippen LogP) is 3.61. The number of esters is 1. The number of rotatable bonds is 7. The number of thiazole rings is 1. The molecule has 3 aromatic rings. The van der Waals surface area contributed by atoms with Gasteiger partial charge in [-0.25, -0.2) is 9.78 Å². The third kappa shape index (κ3) is 5.29. The monoisotopic (exact) mass is 384 g/mol. The number of hydrogen-bond donors (Lipinski definition) is 1. The van der Waals surface area contributed by atoms with E-state index in [4.69, 9.17) is 13.9 Å². The maximum Gasteiger partial charge on any atom is 0.331 e. The number of anilines is 1. The molecule has 0 saturated carbocycles. The summed E-state index contributed by atoms with van der Waals surface area (Å²) in [6.45, 7) is -0.404. The number of nitrogens with one attached hydrogen (secondary N) is 1. The number of hydrogen-bond acceptors (Lipinski definition) is 7. The van der Waals surface area contributed by atoms with Crippen molar-refractivity contribution in [1.82, 2.24) is 4.98 Å². The van der Waals surface area contributed by atoms with E-state index in [1.54, 1.807) is 19.2 Å². The molecule has 3 rings (SSSR count). The van der Waals surface area contributed by atoms with E-state index in [0.717, 1.165) is 17.0 Å². The number of carbonyl (C=O) groups is 2. The van der Waals surface area contributed by atoms with Crippen LogP contribution < -0.4 is 10.1 Å². The Balaban J connectivity index is 1.49. The Kier molecular flexibility index (Phi) is 6.01. The van der Waals surface area contributed by atoms with E-state index < -0.39 is 18.5 Å². The van der Waals surface area contributed by atoms with Crippen molar-refractivity contribution in [3.8, 4) is 17.0 Å². The summed E-state index contributed by atoms with van der Waals surface area (Å²) < 4.78 is 15.0. The highest BCUT2D eigenvalue weighted by molar-refractivity contribution is 7.14. The summed E-state index contributed by atoms with van der Waals surface area (Å²) in [6, 6.07) is 10.8. The number of amides is 1. The molecule has 7 nitrogen and oxygen atoms in total. The van der Waals surface area contributed by atoms with Gasteiger partial charge in [0.25, 0.3) is 5.91 Å². The molecule has 138 valence electrons. The Bertz CT molecular complexity index is 929. The van der Waals surface area contributed by atoms with Crippen LogP contribution in [-0.4, -0.2) is 30.6 Å². The maximum absolute atomic E-state index is 11.9. The van der Waals surface area contributed by atoms with Crippen LogP contribution in [-0.2, 0) is 14.3 Å². The highest BCUT2D eigenvalue weighted by atomic mass is 32.1. The molecule has 1 aromatic carbocycles. The average molecular weight is 384 g/mol. The second-order valence-corrected chi connectivity index (χ2v) is 6.13. The van der Waals surface area contributed by atoms with E-state index >= 15 is 0 Å². The van der Waals surface area contributed by atoms with Crippen molar-refractivity contribution in [3.63, 3.8) is 0 Å². The van der Waals surface area contributed by atoms with E-state index in [1.165, 1.54) is 29.8 Å². The number of furan rings is 1. The highest BCUT2D eigenvalue weighted by Crippen LogP contribution is 2.26. The van der Waals surface area contributed by atoms with Crippen molar-refractivity contribution in [1.29, 1.82) is 0 Å². The number of carbonyl (C=O) groups excluding carboxylic acids is 2. The quantitative estimate of drug-likeness (QED) is 0.494. The second-order valence-electron chi connectivity index (χ2n) is 5.27. The molecular weight excluding hydrogens is 368 g/mol. The molecule has 0 atom stereocenters. The molecule has 27 heavy (non-hydrogen) atoms. The third-order valence-corrected chi connectivity index (χ3v) is 4.17. The van der Waals surface area contributed by atoms with Crippen molar-refractivity contribution in [3.05, 3.63) is 59.9 Å². The zero-order valence-corrected chi connectivity index (χ0v) is 15.2. The molecule has 2 aromatic heterocycles. The Morgan fingerprint density at radius 1 is 1.26 bits per heavy atom. The summed E-state index contributed by atoms with van der Waals surface area (Å²) in [7, 11) is 1.60. The van der Waals surface area contributed by atoms with Gasteiger partial charge in [0, 0.05) is 17.0 Å². The van der Waals surface area contributed by atoms with Gasteiger partial charge >= 0.3 is 5.97 Å². The van der Waals surface area contributed by atoms with E-state index in [0.29, 0.717) is 10.9 Å². The van der Waals surface area contributed by atoms with Gasteiger partial charge in [-0.05, 0) is 42.5 Å². The van der Waals surface area contributed by atoms with Crippen LogP contribution >= 0.6 is 11.3 Å². The van der Waals surface area contributed by atoms with Crippen molar-refractivity contribution in [2.75, 3.05) is 19.0 Å². The zero-order chi connectivity index (χ0) is 19.1. The van der Waals surface area contributed by atoms with Crippen LogP contribution in [0.1, 0.15) is 5.76 Å². The van der Waals surface area contributed by atoms with E-state index in [9.17, 15) is 9.59 Å². The summed E-state index contributed by atoms with van der Waals surface area (Å²) in [5.74, 6) is 0.167. The number of ether oxygens (including phenoxy) is 2. The van der Waals surface area contributed by atoms with Gasteiger partial charge in [-0.1, -0.05) is 0 Å². The molecule has 1 N–H and O–H groups in total. The van der Waals surface area contributed by atoms with Gasteiger partial charge in [-0.2, -0.15) is 0 Å². The molecule has 0 fully saturated rings. The number of aromatic nitrogens is 1. The van der Waals surface area contributed by atoms with E-state index in [2.05, 4.69) is 10.3 Å². The first-order valence-corrected chi connectivity index (χ1v) is 8.80. The Morgan fingerprint density at radius 3 is 2.78 bits per heavy atom. The van der Waals surface area contributed by atoms with Crippen LogP contribution in [0.2, 0.25) is 0 Å². The first-order chi connectivity index (χ1) is 13.1. The summed E-state index contributed by atoms with van der Waals surface area (Å²) in [5, 5.41) is 4.86. The molecule has 0 saturated heterocycles. The lowest BCUT2D eigenvalue weighted by atomic mass is 10.2. The lowest BCUT2D eigenvalue weighted by Gasteiger charge is -2.02. The van der Waals surface area contributed by atoms with Crippen LogP contribution in [0.3, 0.4) is 0 Å². The number of benzene rings is 1. The fourth-order valence-corrected chi connectivity index (χ4v) is 2.84. The van der Waals surface area contributed by atoms with Crippen LogP contribution in [0, 0.1) is 0 Å². The van der Waals surface area contributed by atoms with Gasteiger partial charge in [0.15, 0.2) is 11.7 Å². The van der Waals surface area contributed by atoms with Crippen molar-refractivity contribution >= 4 is 34.4 Å². The standard InChI is InChI=1S/C19H16N2O5S/c1-24-14-6-4-13(5-7-14)16-12-27-19(20-16)21-17(22)11-26-18(23)9-8-15-3-2-10-25-15/h2-10,12H,11H2,1H3,(H,20,21,22). The van der Waals surface area contributed by atoms with Gasteiger partial charge in [-0.3, -0.25) is 10.1 Å². The van der Waals surface area contributed by atoms with E-state index in [-0.39, 0.29) is 0 Å². The van der Waals surface area contributed by atoms with Crippen molar-refractivity contribution < 1.29 is 23.5 Å². The lowest BCUT2D eigenvalue weighted by molar-refractivity contribution is -0.142. The maximum atomic E-state index is 11.9. The van der Waals surface area contributed by atoms with Crippen LogP contribution in [0.5, 0.6) is 5.75 Å². The molecule has 0 bridgehead atoms. The Morgan fingerprint density at radius 2 is 2.07 bits per heavy atom. The molecule has 0 unspecified atom stereocenters. The summed E-state index contributed by atoms with van der Waals surface area (Å²) in [4.78, 5) is 27.8. The first-order valence-electron chi connectivity index (χ1n) is 7.92. The normalized spacial score (nSPS) is 10.7. The van der Waals surface area contributed by atoms with Crippen LogP contribution in [0.15, 0.2) is 58.5 Å². The van der Waals surface area contributed by atoms with E-state index in [1.807, 2.05) is 29.6 Å².